The fraction of sp³-hybridized carbons (Fsp3) is 0.667. The second-order valence-electron chi connectivity index (χ2n) is 6.65. The molecule has 1 aliphatic rings. The maximum atomic E-state index is 3.73. The minimum Gasteiger partial charge on any atom is -0.311 e. The van der Waals surface area contributed by atoms with Crippen molar-refractivity contribution in [3.8, 4) is 0 Å². The standard InChI is InChI=1S/C18H30N2/c1-15-9-8-10-16(2)17(15)13-19-14-18(20(3)4)11-6-5-7-12-18/h8-10,19H,5-7,11-14H2,1-4H3. The lowest BCUT2D eigenvalue weighted by molar-refractivity contribution is 0.0983. The van der Waals surface area contributed by atoms with Crippen LogP contribution in [0.1, 0.15) is 48.8 Å². The van der Waals surface area contributed by atoms with Gasteiger partial charge in [0.05, 0.1) is 0 Å². The van der Waals surface area contributed by atoms with Gasteiger partial charge in [0.15, 0.2) is 0 Å². The summed E-state index contributed by atoms with van der Waals surface area (Å²) in [6.45, 7) is 6.53. The molecule has 0 bridgehead atoms. The molecule has 1 saturated carbocycles. The lowest BCUT2D eigenvalue weighted by Gasteiger charge is -2.43. The van der Waals surface area contributed by atoms with Gasteiger partial charge in [0.1, 0.15) is 0 Å². The van der Waals surface area contributed by atoms with Crippen LogP contribution in [0.25, 0.3) is 0 Å². The average Bonchev–Trinajstić information content (AvgIpc) is 2.43. The fourth-order valence-corrected chi connectivity index (χ4v) is 3.54. The lowest BCUT2D eigenvalue weighted by Crippen LogP contribution is -2.52. The van der Waals surface area contributed by atoms with E-state index in [1.54, 1.807) is 0 Å². The van der Waals surface area contributed by atoms with Crippen molar-refractivity contribution in [2.24, 2.45) is 0 Å². The van der Waals surface area contributed by atoms with E-state index in [1.807, 2.05) is 0 Å². The third-order valence-electron chi connectivity index (χ3n) is 5.13. The van der Waals surface area contributed by atoms with E-state index in [-0.39, 0.29) is 0 Å². The van der Waals surface area contributed by atoms with Gasteiger partial charge in [-0.05, 0) is 57.5 Å². The highest BCUT2D eigenvalue weighted by Gasteiger charge is 2.33. The molecule has 0 radical (unpaired) electrons. The van der Waals surface area contributed by atoms with Crippen LogP contribution in [0.4, 0.5) is 0 Å². The second-order valence-corrected chi connectivity index (χ2v) is 6.65. The molecule has 0 atom stereocenters. The average molecular weight is 274 g/mol. The summed E-state index contributed by atoms with van der Waals surface area (Å²) in [5.41, 5.74) is 4.65. The first-order valence-corrected chi connectivity index (χ1v) is 7.98. The fourth-order valence-electron chi connectivity index (χ4n) is 3.54. The van der Waals surface area contributed by atoms with E-state index in [1.165, 1.54) is 48.8 Å². The van der Waals surface area contributed by atoms with Crippen molar-refractivity contribution in [3.05, 3.63) is 34.9 Å². The number of aryl methyl sites for hydroxylation is 2. The molecule has 0 heterocycles. The maximum Gasteiger partial charge on any atom is 0.0328 e. The summed E-state index contributed by atoms with van der Waals surface area (Å²) in [6.07, 6.45) is 6.83. The van der Waals surface area contributed by atoms with Crippen LogP contribution in [-0.4, -0.2) is 31.1 Å². The zero-order valence-electron chi connectivity index (χ0n) is 13.6. The summed E-state index contributed by atoms with van der Waals surface area (Å²) in [4.78, 5) is 2.45. The van der Waals surface area contributed by atoms with E-state index in [4.69, 9.17) is 0 Å². The molecule has 0 aliphatic heterocycles. The third kappa shape index (κ3) is 3.42. The number of benzene rings is 1. The number of likely N-dealkylation sites (N-methyl/N-ethyl adjacent to an activating group) is 1. The molecule has 0 amide bonds. The van der Waals surface area contributed by atoms with Gasteiger partial charge in [-0.1, -0.05) is 37.5 Å². The van der Waals surface area contributed by atoms with Crippen LogP contribution in [0.2, 0.25) is 0 Å². The van der Waals surface area contributed by atoms with Crippen LogP contribution >= 0.6 is 0 Å². The molecular formula is C18H30N2. The summed E-state index contributed by atoms with van der Waals surface area (Å²) < 4.78 is 0. The molecule has 0 aromatic heterocycles. The van der Waals surface area contributed by atoms with Crippen molar-refractivity contribution < 1.29 is 0 Å². The zero-order valence-corrected chi connectivity index (χ0v) is 13.6. The molecule has 2 rings (SSSR count). The largest absolute Gasteiger partial charge is 0.311 e. The third-order valence-corrected chi connectivity index (χ3v) is 5.13. The summed E-state index contributed by atoms with van der Waals surface area (Å²) in [6, 6.07) is 6.58. The number of hydrogen-bond acceptors (Lipinski definition) is 2. The molecule has 0 spiro atoms. The van der Waals surface area contributed by atoms with E-state index >= 15 is 0 Å². The Bertz CT molecular complexity index is 411. The first-order chi connectivity index (χ1) is 9.55. The SMILES string of the molecule is Cc1cccc(C)c1CNCC1(N(C)C)CCCCC1. The van der Waals surface area contributed by atoms with Crippen molar-refractivity contribution in [2.45, 2.75) is 58.0 Å². The van der Waals surface area contributed by atoms with Gasteiger partial charge >= 0.3 is 0 Å². The van der Waals surface area contributed by atoms with E-state index in [9.17, 15) is 0 Å². The molecule has 1 aliphatic carbocycles. The quantitative estimate of drug-likeness (QED) is 0.881. The molecule has 1 aromatic carbocycles. The Balaban J connectivity index is 1.97. The summed E-state index contributed by atoms with van der Waals surface area (Å²) >= 11 is 0. The highest BCUT2D eigenvalue weighted by atomic mass is 15.2. The van der Waals surface area contributed by atoms with Crippen molar-refractivity contribution >= 4 is 0 Å². The zero-order chi connectivity index (χ0) is 14.6. The minimum atomic E-state index is 0.370. The smallest absolute Gasteiger partial charge is 0.0328 e. The lowest BCUT2D eigenvalue weighted by atomic mass is 9.80. The van der Waals surface area contributed by atoms with Crippen LogP contribution < -0.4 is 5.32 Å². The van der Waals surface area contributed by atoms with Gasteiger partial charge in [-0.3, -0.25) is 0 Å². The van der Waals surface area contributed by atoms with Gasteiger partial charge in [-0.15, -0.1) is 0 Å². The van der Waals surface area contributed by atoms with Gasteiger partial charge < -0.3 is 10.2 Å². The van der Waals surface area contributed by atoms with E-state index in [2.05, 4.69) is 56.4 Å². The Morgan fingerprint density at radius 3 is 2.20 bits per heavy atom. The van der Waals surface area contributed by atoms with Crippen molar-refractivity contribution in [3.63, 3.8) is 0 Å². The Kier molecular flexibility index (Phi) is 5.22. The molecule has 2 nitrogen and oxygen atoms in total. The van der Waals surface area contributed by atoms with Crippen LogP contribution in [-0.2, 0) is 6.54 Å². The summed E-state index contributed by atoms with van der Waals surface area (Å²) in [7, 11) is 4.48. The van der Waals surface area contributed by atoms with Gasteiger partial charge in [-0.25, -0.2) is 0 Å². The van der Waals surface area contributed by atoms with Crippen molar-refractivity contribution in [1.82, 2.24) is 10.2 Å². The number of hydrogen-bond donors (Lipinski definition) is 1. The Hall–Kier alpha value is -0.860. The second kappa shape index (κ2) is 6.73. The van der Waals surface area contributed by atoms with E-state index < -0.39 is 0 Å². The van der Waals surface area contributed by atoms with Gasteiger partial charge in [0.2, 0.25) is 0 Å². The monoisotopic (exact) mass is 274 g/mol. The summed E-state index contributed by atoms with van der Waals surface area (Å²) in [5, 5.41) is 3.73. The number of nitrogens with one attached hydrogen (secondary N) is 1. The Labute approximate surface area is 124 Å². The van der Waals surface area contributed by atoms with Gasteiger partial charge in [0, 0.05) is 18.6 Å². The van der Waals surface area contributed by atoms with E-state index in [0.29, 0.717) is 5.54 Å². The van der Waals surface area contributed by atoms with Crippen LogP contribution in [0.15, 0.2) is 18.2 Å². The summed E-state index contributed by atoms with van der Waals surface area (Å²) in [5.74, 6) is 0. The molecule has 0 unspecified atom stereocenters. The molecule has 0 saturated heterocycles. The molecule has 1 aromatic rings. The van der Waals surface area contributed by atoms with Crippen LogP contribution in [0, 0.1) is 13.8 Å². The first kappa shape index (κ1) is 15.5. The molecule has 1 fully saturated rings. The maximum absolute atomic E-state index is 3.73. The predicted molar refractivity (Wildman–Crippen MR) is 87.1 cm³/mol. The Morgan fingerprint density at radius 2 is 1.65 bits per heavy atom. The van der Waals surface area contributed by atoms with Crippen LogP contribution in [0.5, 0.6) is 0 Å². The first-order valence-electron chi connectivity index (χ1n) is 7.98. The van der Waals surface area contributed by atoms with Gasteiger partial charge in [-0.2, -0.15) is 0 Å². The molecular weight excluding hydrogens is 244 g/mol. The highest BCUT2D eigenvalue weighted by Crippen LogP contribution is 2.31. The number of rotatable bonds is 5. The molecule has 20 heavy (non-hydrogen) atoms. The predicted octanol–water partition coefficient (Wildman–Crippen LogP) is 3.66. The number of nitrogens with zero attached hydrogens (tertiary/aromatic N) is 1. The molecule has 112 valence electrons. The van der Waals surface area contributed by atoms with E-state index in [0.717, 1.165) is 13.1 Å². The highest BCUT2D eigenvalue weighted by molar-refractivity contribution is 5.33. The van der Waals surface area contributed by atoms with Crippen LogP contribution in [0.3, 0.4) is 0 Å². The topological polar surface area (TPSA) is 15.3 Å². The molecule has 2 heteroatoms. The molecule has 1 N–H and O–H groups in total. The Morgan fingerprint density at radius 1 is 1.05 bits per heavy atom. The van der Waals surface area contributed by atoms with Crippen molar-refractivity contribution in [1.29, 1.82) is 0 Å². The van der Waals surface area contributed by atoms with Crippen molar-refractivity contribution in [2.75, 3.05) is 20.6 Å². The minimum absolute atomic E-state index is 0.370. The van der Waals surface area contributed by atoms with Gasteiger partial charge in [0.25, 0.3) is 0 Å². The normalized spacial score (nSPS) is 18.4.